The van der Waals surface area contributed by atoms with Gasteiger partial charge in [-0.05, 0) is 36.4 Å². The van der Waals surface area contributed by atoms with Gasteiger partial charge in [-0.2, -0.15) is 13.2 Å². The Morgan fingerprint density at radius 3 is 2.27 bits per heavy atom. The lowest BCUT2D eigenvalue weighted by molar-refractivity contribution is -0.608. The van der Waals surface area contributed by atoms with E-state index < -0.39 is 46.1 Å². The maximum Gasteiger partial charge on any atom is 0.573 e. The van der Waals surface area contributed by atoms with E-state index >= 15 is 0 Å². The van der Waals surface area contributed by atoms with Crippen molar-refractivity contribution in [3.63, 3.8) is 0 Å². The highest BCUT2D eigenvalue weighted by Gasteiger charge is 2.35. The highest BCUT2D eigenvalue weighted by molar-refractivity contribution is 6.32. The number of rotatable bonds is 5. The summed E-state index contributed by atoms with van der Waals surface area (Å²) in [7, 11) is 0. The van der Waals surface area contributed by atoms with Crippen molar-refractivity contribution >= 4 is 23.2 Å². The molecule has 0 saturated heterocycles. The quantitative estimate of drug-likeness (QED) is 0.295. The van der Waals surface area contributed by atoms with Gasteiger partial charge in [0.15, 0.2) is 6.20 Å². The van der Waals surface area contributed by atoms with Gasteiger partial charge < -0.3 is 20.0 Å². The number of carbonyl (C=O) groups excluding carboxylic acids is 1. The molecule has 1 aromatic heterocycles. The average Bonchev–Trinajstić information content (AvgIpc) is 2.68. The molecule has 3 rings (SSSR count). The van der Waals surface area contributed by atoms with Gasteiger partial charge in [-0.15, -0.1) is 13.2 Å². The molecule has 33 heavy (non-hydrogen) atoms. The lowest BCUT2D eigenvalue weighted by Gasteiger charge is -2.16. The highest BCUT2D eigenvalue weighted by atomic mass is 35.5. The van der Waals surface area contributed by atoms with E-state index in [4.69, 9.17) is 16.3 Å². The Morgan fingerprint density at radius 2 is 1.70 bits per heavy atom. The molecule has 174 valence electrons. The zero-order chi connectivity index (χ0) is 24.4. The minimum absolute atomic E-state index is 0.0758. The van der Waals surface area contributed by atoms with Crippen molar-refractivity contribution in [2.75, 3.05) is 5.32 Å². The molecular weight excluding hydrogens is 484 g/mol. The normalized spacial score (nSPS) is 11.7. The third-order valence-electron chi connectivity index (χ3n) is 3.82. The molecule has 0 saturated carbocycles. The third-order valence-corrected chi connectivity index (χ3v) is 4.14. The number of halogens is 7. The van der Waals surface area contributed by atoms with Crippen LogP contribution < -0.4 is 19.5 Å². The first kappa shape index (κ1) is 23.9. The van der Waals surface area contributed by atoms with Crippen molar-refractivity contribution in [3.8, 4) is 17.2 Å². The monoisotopic (exact) mass is 493 g/mol. The van der Waals surface area contributed by atoms with Crippen molar-refractivity contribution < 1.29 is 45.3 Å². The van der Waals surface area contributed by atoms with Crippen molar-refractivity contribution in [1.29, 1.82) is 0 Å². The summed E-state index contributed by atoms with van der Waals surface area (Å²) < 4.78 is 86.0. The predicted molar refractivity (Wildman–Crippen MR) is 101 cm³/mol. The summed E-state index contributed by atoms with van der Waals surface area (Å²) in [5.41, 5.74) is -1.84. The van der Waals surface area contributed by atoms with Gasteiger partial charge in [-0.3, -0.25) is 4.79 Å². The minimum atomic E-state index is -4.94. The molecule has 0 aliphatic rings. The van der Waals surface area contributed by atoms with E-state index in [1.165, 1.54) is 0 Å². The SMILES string of the molecule is O=C(Nc1cnc[n+]([O-])c1)c1cc(Cl)c(C(F)(F)F)cc1Oc1ccc(OC(F)(F)F)cc1. The molecule has 7 nitrogen and oxygen atoms in total. The van der Waals surface area contributed by atoms with Crippen molar-refractivity contribution in [2.24, 2.45) is 0 Å². The number of aromatic nitrogens is 2. The molecule has 0 radical (unpaired) electrons. The van der Waals surface area contributed by atoms with E-state index in [1.807, 2.05) is 0 Å². The van der Waals surface area contributed by atoms with Gasteiger partial charge in [0.25, 0.3) is 12.2 Å². The molecule has 1 amide bonds. The molecule has 2 aromatic carbocycles. The van der Waals surface area contributed by atoms with Crippen LogP contribution in [0.1, 0.15) is 15.9 Å². The molecule has 0 aliphatic carbocycles. The second kappa shape index (κ2) is 9.02. The molecule has 0 aliphatic heterocycles. The fourth-order valence-corrected chi connectivity index (χ4v) is 2.79. The molecule has 0 atom stereocenters. The van der Waals surface area contributed by atoms with E-state index in [1.54, 1.807) is 0 Å². The summed E-state index contributed by atoms with van der Waals surface area (Å²) >= 11 is 5.70. The topological polar surface area (TPSA) is 87.4 Å². The largest absolute Gasteiger partial charge is 0.711 e. The first-order valence-electron chi connectivity index (χ1n) is 8.61. The van der Waals surface area contributed by atoms with Gasteiger partial charge in [0.2, 0.25) is 0 Å². The Hall–Kier alpha value is -3.74. The number of ether oxygens (including phenoxy) is 2. The number of nitrogens with zero attached hydrogens (tertiary/aromatic N) is 2. The molecular formula is C19H10ClF6N3O4. The fourth-order valence-electron chi connectivity index (χ4n) is 2.51. The molecule has 3 aromatic rings. The smallest absolute Gasteiger partial charge is 0.573 e. The average molecular weight is 494 g/mol. The predicted octanol–water partition coefficient (Wildman–Crippen LogP) is 5.33. The summed E-state index contributed by atoms with van der Waals surface area (Å²) in [6, 6.07) is 4.89. The molecule has 0 unspecified atom stereocenters. The zero-order valence-electron chi connectivity index (χ0n) is 15.9. The van der Waals surface area contributed by atoms with Crippen LogP contribution in [0.5, 0.6) is 17.2 Å². The van der Waals surface area contributed by atoms with Gasteiger partial charge in [0.1, 0.15) is 29.1 Å². The minimum Gasteiger partial charge on any atom is -0.711 e. The van der Waals surface area contributed by atoms with Crippen LogP contribution in [0.3, 0.4) is 0 Å². The molecule has 14 heteroatoms. The Labute approximate surface area is 185 Å². The third kappa shape index (κ3) is 6.38. The van der Waals surface area contributed by atoms with Crippen molar-refractivity contribution in [3.05, 3.63) is 76.5 Å². The summed E-state index contributed by atoms with van der Waals surface area (Å²) in [6.07, 6.45) is -6.90. The Balaban J connectivity index is 1.96. The van der Waals surface area contributed by atoms with Crippen LogP contribution in [-0.2, 0) is 6.18 Å². The standard InChI is InChI=1S/C19H10ClF6N3O4/c20-15-5-13(17(30)28-10-7-27-9-29(31)8-10)16(6-14(15)18(21,22)23)32-11-1-3-12(4-2-11)33-19(24,25)26/h1-9H,(H,28,30). The van der Waals surface area contributed by atoms with Crippen LogP contribution in [0.25, 0.3) is 0 Å². The molecule has 1 N–H and O–H groups in total. The van der Waals surface area contributed by atoms with E-state index in [0.717, 1.165) is 43.0 Å². The second-order valence-corrected chi connectivity index (χ2v) is 6.65. The number of alkyl halides is 6. The Kier molecular flexibility index (Phi) is 6.53. The van der Waals surface area contributed by atoms with Gasteiger partial charge in [0.05, 0.1) is 16.1 Å². The van der Waals surface area contributed by atoms with E-state index in [0.29, 0.717) is 12.1 Å². The van der Waals surface area contributed by atoms with Crippen LogP contribution in [0.4, 0.5) is 32.0 Å². The van der Waals surface area contributed by atoms with Gasteiger partial charge in [-0.1, -0.05) is 16.6 Å². The van der Waals surface area contributed by atoms with Gasteiger partial charge >= 0.3 is 12.5 Å². The maximum absolute atomic E-state index is 13.3. The maximum atomic E-state index is 13.3. The lowest BCUT2D eigenvalue weighted by Crippen LogP contribution is -2.27. The van der Waals surface area contributed by atoms with E-state index in [9.17, 15) is 36.3 Å². The summed E-state index contributed by atoms with van der Waals surface area (Å²) in [6.45, 7) is 0. The first-order chi connectivity index (χ1) is 15.3. The van der Waals surface area contributed by atoms with Crippen molar-refractivity contribution in [2.45, 2.75) is 12.5 Å². The number of benzene rings is 2. The van der Waals surface area contributed by atoms with Crippen LogP contribution >= 0.6 is 11.6 Å². The number of carbonyl (C=O) groups is 1. The van der Waals surface area contributed by atoms with Crippen LogP contribution in [0.15, 0.2) is 55.1 Å². The molecule has 0 bridgehead atoms. The number of hydrogen-bond donors (Lipinski definition) is 1. The zero-order valence-corrected chi connectivity index (χ0v) is 16.6. The molecule has 0 spiro atoms. The fraction of sp³-hybridized carbons (Fsp3) is 0.105. The summed E-state index contributed by atoms with van der Waals surface area (Å²) in [5, 5.41) is 12.7. The van der Waals surface area contributed by atoms with Crippen LogP contribution in [0.2, 0.25) is 5.02 Å². The van der Waals surface area contributed by atoms with Gasteiger partial charge in [0, 0.05) is 0 Å². The van der Waals surface area contributed by atoms with Gasteiger partial charge in [-0.25, -0.2) is 4.73 Å². The second-order valence-electron chi connectivity index (χ2n) is 6.24. The van der Waals surface area contributed by atoms with Crippen LogP contribution in [-0.4, -0.2) is 17.3 Å². The van der Waals surface area contributed by atoms with E-state index in [-0.39, 0.29) is 16.2 Å². The molecule has 1 heterocycles. The lowest BCUT2D eigenvalue weighted by atomic mass is 10.1. The first-order valence-corrected chi connectivity index (χ1v) is 8.99. The Bertz CT molecular complexity index is 1170. The highest BCUT2D eigenvalue weighted by Crippen LogP contribution is 2.40. The number of hydrogen-bond acceptors (Lipinski definition) is 5. The van der Waals surface area contributed by atoms with E-state index in [2.05, 4.69) is 15.0 Å². The summed E-state index contributed by atoms with van der Waals surface area (Å²) in [4.78, 5) is 16.2. The summed E-state index contributed by atoms with van der Waals surface area (Å²) in [5.74, 6) is -2.39. The number of amides is 1. The number of anilines is 1. The van der Waals surface area contributed by atoms with Crippen LogP contribution in [0, 0.1) is 5.21 Å². The van der Waals surface area contributed by atoms with Crippen molar-refractivity contribution in [1.82, 2.24) is 4.98 Å². The number of nitrogens with one attached hydrogen (secondary N) is 1. The Morgan fingerprint density at radius 1 is 1.06 bits per heavy atom. The molecule has 0 fully saturated rings.